The molecule has 1 fully saturated rings. The number of hydrogen-bond donors (Lipinski definition) is 4. The van der Waals surface area contributed by atoms with E-state index in [0.717, 1.165) is 16.3 Å². The number of benzene rings is 1. The summed E-state index contributed by atoms with van der Waals surface area (Å²) in [5.74, 6) is 0.914. The highest BCUT2D eigenvalue weighted by atomic mass is 32.2. The molecule has 19 heavy (non-hydrogen) atoms. The predicted molar refractivity (Wildman–Crippen MR) is 78.1 cm³/mol. The number of aliphatic hydroxyl groups is 2. The fourth-order valence-corrected chi connectivity index (χ4v) is 3.14. The number of amidine groups is 1. The van der Waals surface area contributed by atoms with Crippen molar-refractivity contribution in [1.82, 2.24) is 0 Å². The van der Waals surface area contributed by atoms with E-state index < -0.39 is 12.2 Å². The number of nitrogens with one attached hydrogen (secondary N) is 1. The van der Waals surface area contributed by atoms with Crippen molar-refractivity contribution in [3.63, 3.8) is 0 Å². The van der Waals surface area contributed by atoms with Crippen molar-refractivity contribution in [1.29, 1.82) is 5.41 Å². The van der Waals surface area contributed by atoms with Gasteiger partial charge in [0.25, 0.3) is 0 Å². The van der Waals surface area contributed by atoms with Gasteiger partial charge in [-0.1, -0.05) is 13.0 Å². The van der Waals surface area contributed by atoms with E-state index in [9.17, 15) is 10.2 Å². The Morgan fingerprint density at radius 3 is 2.58 bits per heavy atom. The molecule has 0 bridgehead atoms. The average Bonchev–Trinajstić information content (AvgIpc) is 2.69. The van der Waals surface area contributed by atoms with Crippen LogP contribution in [0.2, 0.25) is 0 Å². The molecule has 5 N–H and O–H groups in total. The zero-order chi connectivity index (χ0) is 14.0. The van der Waals surface area contributed by atoms with Crippen molar-refractivity contribution in [2.45, 2.75) is 24.0 Å². The Kier molecular flexibility index (Phi) is 4.34. The Hall–Kier alpha value is -1.24. The minimum absolute atomic E-state index is 0.0161. The second-order valence-corrected chi connectivity index (χ2v) is 5.84. The van der Waals surface area contributed by atoms with Crippen molar-refractivity contribution in [2.75, 3.05) is 23.7 Å². The van der Waals surface area contributed by atoms with Gasteiger partial charge in [0.15, 0.2) is 0 Å². The maximum Gasteiger partial charge on any atom is 0.126 e. The van der Waals surface area contributed by atoms with Gasteiger partial charge >= 0.3 is 0 Å². The van der Waals surface area contributed by atoms with Crippen LogP contribution in [0.15, 0.2) is 23.1 Å². The average molecular weight is 281 g/mol. The fraction of sp³-hybridized carbons (Fsp3) is 0.462. The minimum atomic E-state index is -0.748. The highest BCUT2D eigenvalue weighted by molar-refractivity contribution is 7.99. The van der Waals surface area contributed by atoms with Crippen LogP contribution in [0.4, 0.5) is 5.69 Å². The van der Waals surface area contributed by atoms with Crippen LogP contribution >= 0.6 is 11.8 Å². The van der Waals surface area contributed by atoms with E-state index in [-0.39, 0.29) is 5.84 Å². The van der Waals surface area contributed by atoms with Crippen LogP contribution < -0.4 is 10.6 Å². The number of β-amino-alcohol motifs (C(OH)–C–C–N with tert-alkyl or cyclic N) is 2. The molecule has 0 aromatic heterocycles. The third-order valence-corrected chi connectivity index (χ3v) is 4.11. The molecule has 104 valence electrons. The van der Waals surface area contributed by atoms with Gasteiger partial charge in [-0.2, -0.15) is 0 Å². The Morgan fingerprint density at radius 2 is 2.05 bits per heavy atom. The van der Waals surface area contributed by atoms with E-state index in [4.69, 9.17) is 11.1 Å². The molecule has 1 aliphatic heterocycles. The lowest BCUT2D eigenvalue weighted by atomic mass is 10.1. The van der Waals surface area contributed by atoms with Crippen molar-refractivity contribution >= 4 is 23.3 Å². The van der Waals surface area contributed by atoms with Crippen LogP contribution in [0.3, 0.4) is 0 Å². The van der Waals surface area contributed by atoms with Crippen molar-refractivity contribution < 1.29 is 10.2 Å². The molecular weight excluding hydrogens is 262 g/mol. The first-order valence-electron chi connectivity index (χ1n) is 6.25. The number of nitrogen functional groups attached to an aromatic ring is 1. The molecule has 1 aromatic rings. The highest BCUT2D eigenvalue weighted by Crippen LogP contribution is 2.32. The molecular formula is C13H19N3O2S. The maximum atomic E-state index is 9.65. The smallest absolute Gasteiger partial charge is 0.126 e. The molecule has 6 heteroatoms. The highest BCUT2D eigenvalue weighted by Gasteiger charge is 2.31. The van der Waals surface area contributed by atoms with Gasteiger partial charge in [-0.05, 0) is 17.9 Å². The topological polar surface area (TPSA) is 93.6 Å². The largest absolute Gasteiger partial charge is 0.389 e. The van der Waals surface area contributed by atoms with E-state index in [2.05, 4.69) is 0 Å². The molecule has 5 nitrogen and oxygen atoms in total. The number of thioether (sulfide) groups is 1. The van der Waals surface area contributed by atoms with E-state index in [1.165, 1.54) is 0 Å². The molecule has 0 saturated carbocycles. The van der Waals surface area contributed by atoms with Gasteiger partial charge in [-0.3, -0.25) is 5.41 Å². The summed E-state index contributed by atoms with van der Waals surface area (Å²) in [6.45, 7) is 2.77. The Labute approximate surface area is 116 Å². The van der Waals surface area contributed by atoms with Crippen LogP contribution in [0.1, 0.15) is 12.5 Å². The molecule has 2 rings (SSSR count). The Balaban J connectivity index is 2.40. The van der Waals surface area contributed by atoms with Crippen LogP contribution in [-0.2, 0) is 0 Å². The lowest BCUT2D eigenvalue weighted by Crippen LogP contribution is -2.25. The molecule has 0 aliphatic carbocycles. The lowest BCUT2D eigenvalue weighted by Gasteiger charge is -2.22. The van der Waals surface area contributed by atoms with E-state index in [1.54, 1.807) is 11.8 Å². The summed E-state index contributed by atoms with van der Waals surface area (Å²) >= 11 is 1.63. The quantitative estimate of drug-likeness (QED) is 0.369. The maximum absolute atomic E-state index is 9.65. The first kappa shape index (κ1) is 14.2. The van der Waals surface area contributed by atoms with Crippen molar-refractivity contribution in [2.24, 2.45) is 5.73 Å². The van der Waals surface area contributed by atoms with Gasteiger partial charge in [0.2, 0.25) is 0 Å². The predicted octanol–water partition coefficient (Wildman–Crippen LogP) is 0.624. The number of anilines is 1. The molecule has 0 amide bonds. The number of rotatable bonds is 4. The molecule has 1 aromatic carbocycles. The first-order valence-corrected chi connectivity index (χ1v) is 7.24. The van der Waals surface area contributed by atoms with Crippen LogP contribution in [0.5, 0.6) is 0 Å². The molecule has 2 unspecified atom stereocenters. The van der Waals surface area contributed by atoms with Gasteiger partial charge in [0.05, 0.1) is 17.8 Å². The lowest BCUT2D eigenvalue weighted by molar-refractivity contribution is 0.0572. The molecule has 1 heterocycles. The summed E-state index contributed by atoms with van der Waals surface area (Å²) in [6.07, 6.45) is -1.50. The molecule has 1 aliphatic rings. The zero-order valence-electron chi connectivity index (χ0n) is 10.8. The molecule has 1 saturated heterocycles. The van der Waals surface area contributed by atoms with Gasteiger partial charge in [-0.15, -0.1) is 11.8 Å². The number of aliphatic hydroxyl groups excluding tert-OH is 2. The number of hydrogen-bond acceptors (Lipinski definition) is 5. The molecule has 0 radical (unpaired) electrons. The Bertz CT molecular complexity index is 471. The zero-order valence-corrected chi connectivity index (χ0v) is 11.7. The molecule has 2 atom stereocenters. The summed E-state index contributed by atoms with van der Waals surface area (Å²) in [5.41, 5.74) is 7.20. The molecule has 0 spiro atoms. The standard InChI is InChI=1S/C13H19N3O2S/c1-2-19-11-5-3-4-8(12(11)13(14)15)16-6-9(17)10(18)7-16/h3-5,9-10,17-18H,2,6-7H2,1H3,(H3,14,15). The van der Waals surface area contributed by atoms with Gasteiger partial charge in [-0.25, -0.2) is 0 Å². The number of nitrogens with zero attached hydrogens (tertiary/aromatic N) is 1. The summed E-state index contributed by atoms with van der Waals surface area (Å²) < 4.78 is 0. The van der Waals surface area contributed by atoms with Gasteiger partial charge in [0.1, 0.15) is 5.84 Å². The van der Waals surface area contributed by atoms with E-state index in [1.807, 2.05) is 30.0 Å². The third-order valence-electron chi connectivity index (χ3n) is 3.17. The van der Waals surface area contributed by atoms with E-state index in [0.29, 0.717) is 18.7 Å². The van der Waals surface area contributed by atoms with Crippen LogP contribution in [0, 0.1) is 5.41 Å². The summed E-state index contributed by atoms with van der Waals surface area (Å²) in [5, 5.41) is 27.1. The summed E-state index contributed by atoms with van der Waals surface area (Å²) in [7, 11) is 0. The minimum Gasteiger partial charge on any atom is -0.389 e. The SMILES string of the molecule is CCSc1cccc(N2CC(O)C(O)C2)c1C(=N)N. The first-order chi connectivity index (χ1) is 9.04. The fourth-order valence-electron chi connectivity index (χ4n) is 2.30. The van der Waals surface area contributed by atoms with Gasteiger partial charge < -0.3 is 20.8 Å². The number of nitrogens with two attached hydrogens (primary N) is 1. The van der Waals surface area contributed by atoms with Crippen molar-refractivity contribution in [3.8, 4) is 0 Å². The normalized spacial score (nSPS) is 22.8. The Morgan fingerprint density at radius 1 is 1.42 bits per heavy atom. The second-order valence-electron chi connectivity index (χ2n) is 4.54. The van der Waals surface area contributed by atoms with Crippen LogP contribution in [0.25, 0.3) is 0 Å². The second kappa shape index (κ2) is 5.81. The summed E-state index contributed by atoms with van der Waals surface area (Å²) in [6, 6.07) is 5.73. The van der Waals surface area contributed by atoms with Gasteiger partial charge in [0, 0.05) is 23.7 Å². The third kappa shape index (κ3) is 2.86. The van der Waals surface area contributed by atoms with Crippen molar-refractivity contribution in [3.05, 3.63) is 23.8 Å². The van der Waals surface area contributed by atoms with E-state index >= 15 is 0 Å². The summed E-state index contributed by atoms with van der Waals surface area (Å²) in [4.78, 5) is 2.84. The monoisotopic (exact) mass is 281 g/mol. The van der Waals surface area contributed by atoms with Crippen LogP contribution in [-0.4, -0.2) is 47.1 Å².